The van der Waals surface area contributed by atoms with Crippen LogP contribution in [0, 0.1) is 3.57 Å². The Kier molecular flexibility index (Phi) is 5.40. The highest BCUT2D eigenvalue weighted by molar-refractivity contribution is 14.1. The predicted octanol–water partition coefficient (Wildman–Crippen LogP) is 3.69. The van der Waals surface area contributed by atoms with Gasteiger partial charge in [0.25, 0.3) is 5.91 Å². The fraction of sp³-hybridized carbons (Fsp3) is 0.188. The summed E-state index contributed by atoms with van der Waals surface area (Å²) in [6.07, 6.45) is 0. The second kappa shape index (κ2) is 6.89. The van der Waals surface area contributed by atoms with Gasteiger partial charge in [0.15, 0.2) is 0 Å². The molecule has 0 spiro atoms. The quantitative estimate of drug-likeness (QED) is 0.685. The SMILES string of the molecule is CC(CO)(NC(=O)c1cc(I)ccc1Br)c1ccccc1. The summed E-state index contributed by atoms with van der Waals surface area (Å²) in [5, 5.41) is 12.7. The molecule has 1 atom stereocenters. The van der Waals surface area contributed by atoms with E-state index in [1.165, 1.54) is 0 Å². The van der Waals surface area contributed by atoms with Gasteiger partial charge in [-0.3, -0.25) is 4.79 Å². The molecule has 1 amide bonds. The maximum atomic E-state index is 12.5. The van der Waals surface area contributed by atoms with Crippen LogP contribution in [0.15, 0.2) is 53.0 Å². The molecule has 5 heteroatoms. The summed E-state index contributed by atoms with van der Waals surface area (Å²) in [6.45, 7) is 1.63. The molecular weight excluding hydrogens is 445 g/mol. The molecule has 0 saturated carbocycles. The number of carbonyl (C=O) groups excluding carboxylic acids is 1. The molecule has 1 unspecified atom stereocenters. The molecule has 0 heterocycles. The molecular formula is C16H15BrINO2. The fourth-order valence-corrected chi connectivity index (χ4v) is 2.92. The van der Waals surface area contributed by atoms with Crippen LogP contribution in [-0.2, 0) is 5.54 Å². The van der Waals surface area contributed by atoms with E-state index in [0.717, 1.165) is 13.6 Å². The molecule has 0 aromatic heterocycles. The van der Waals surface area contributed by atoms with E-state index in [-0.39, 0.29) is 12.5 Å². The number of benzene rings is 2. The monoisotopic (exact) mass is 459 g/mol. The zero-order valence-electron chi connectivity index (χ0n) is 11.4. The number of hydrogen-bond donors (Lipinski definition) is 2. The number of nitrogens with one attached hydrogen (secondary N) is 1. The third-order valence-electron chi connectivity index (χ3n) is 3.29. The zero-order valence-corrected chi connectivity index (χ0v) is 15.2. The second-order valence-electron chi connectivity index (χ2n) is 4.93. The van der Waals surface area contributed by atoms with Crippen molar-refractivity contribution >= 4 is 44.4 Å². The van der Waals surface area contributed by atoms with E-state index in [2.05, 4.69) is 43.8 Å². The van der Waals surface area contributed by atoms with Crippen LogP contribution in [0.3, 0.4) is 0 Å². The molecule has 2 aromatic rings. The molecule has 2 N–H and O–H groups in total. The van der Waals surface area contributed by atoms with Gasteiger partial charge in [-0.15, -0.1) is 0 Å². The third kappa shape index (κ3) is 3.84. The minimum atomic E-state index is -0.820. The third-order valence-corrected chi connectivity index (χ3v) is 4.65. The number of aliphatic hydroxyl groups is 1. The van der Waals surface area contributed by atoms with Crippen LogP contribution in [0.4, 0.5) is 0 Å². The Hall–Kier alpha value is -0.920. The highest BCUT2D eigenvalue weighted by atomic mass is 127. The van der Waals surface area contributed by atoms with Crippen molar-refractivity contribution in [3.8, 4) is 0 Å². The maximum absolute atomic E-state index is 12.5. The van der Waals surface area contributed by atoms with Crippen LogP contribution in [0.2, 0.25) is 0 Å². The Morgan fingerprint density at radius 1 is 1.29 bits per heavy atom. The second-order valence-corrected chi connectivity index (χ2v) is 7.03. The molecule has 0 aliphatic heterocycles. The number of hydrogen-bond acceptors (Lipinski definition) is 2. The first-order valence-corrected chi connectivity index (χ1v) is 8.27. The minimum Gasteiger partial charge on any atom is -0.394 e. The molecule has 0 radical (unpaired) electrons. The first-order chi connectivity index (χ1) is 9.96. The van der Waals surface area contributed by atoms with Crippen molar-refractivity contribution in [1.29, 1.82) is 0 Å². The highest BCUT2D eigenvalue weighted by Crippen LogP contribution is 2.24. The summed E-state index contributed by atoms with van der Waals surface area (Å²) in [6, 6.07) is 15.0. The van der Waals surface area contributed by atoms with Crippen LogP contribution in [-0.4, -0.2) is 17.6 Å². The molecule has 0 fully saturated rings. The lowest BCUT2D eigenvalue weighted by molar-refractivity contribution is 0.0848. The summed E-state index contributed by atoms with van der Waals surface area (Å²) in [7, 11) is 0. The van der Waals surface area contributed by atoms with Crippen molar-refractivity contribution in [2.75, 3.05) is 6.61 Å². The molecule has 0 saturated heterocycles. The van der Waals surface area contributed by atoms with Crippen LogP contribution < -0.4 is 5.32 Å². The molecule has 21 heavy (non-hydrogen) atoms. The minimum absolute atomic E-state index is 0.176. The number of rotatable bonds is 4. The molecule has 110 valence electrons. The lowest BCUT2D eigenvalue weighted by Crippen LogP contribution is -2.46. The average molecular weight is 460 g/mol. The van der Waals surface area contributed by atoms with Crippen LogP contribution in [0.5, 0.6) is 0 Å². The van der Waals surface area contributed by atoms with Crippen molar-refractivity contribution in [3.63, 3.8) is 0 Å². The van der Waals surface area contributed by atoms with Gasteiger partial charge < -0.3 is 10.4 Å². The zero-order chi connectivity index (χ0) is 15.5. The molecule has 0 aliphatic carbocycles. The number of halogens is 2. The largest absolute Gasteiger partial charge is 0.394 e. The smallest absolute Gasteiger partial charge is 0.253 e. The lowest BCUT2D eigenvalue weighted by Gasteiger charge is -2.29. The Morgan fingerprint density at radius 2 is 1.95 bits per heavy atom. The molecule has 0 bridgehead atoms. The van der Waals surface area contributed by atoms with E-state index in [0.29, 0.717) is 5.56 Å². The normalized spacial score (nSPS) is 13.5. The Morgan fingerprint density at radius 3 is 2.57 bits per heavy atom. The Labute approximate surface area is 146 Å². The fourth-order valence-electron chi connectivity index (χ4n) is 2.00. The van der Waals surface area contributed by atoms with Crippen LogP contribution in [0.25, 0.3) is 0 Å². The van der Waals surface area contributed by atoms with Gasteiger partial charge in [-0.25, -0.2) is 0 Å². The summed E-state index contributed by atoms with van der Waals surface area (Å²) in [5.41, 5.74) is 0.596. The van der Waals surface area contributed by atoms with Gasteiger partial charge in [-0.1, -0.05) is 30.3 Å². The molecule has 2 aromatic carbocycles. The summed E-state index contributed by atoms with van der Waals surface area (Å²) in [4.78, 5) is 12.5. The summed E-state index contributed by atoms with van der Waals surface area (Å²) < 4.78 is 1.71. The van der Waals surface area contributed by atoms with Crippen LogP contribution >= 0.6 is 38.5 Å². The number of aliphatic hydroxyl groups excluding tert-OH is 1. The van der Waals surface area contributed by atoms with Gasteiger partial charge >= 0.3 is 0 Å². The highest BCUT2D eigenvalue weighted by Gasteiger charge is 2.28. The van der Waals surface area contributed by atoms with E-state index in [4.69, 9.17) is 0 Å². The van der Waals surface area contributed by atoms with Crippen molar-refractivity contribution in [1.82, 2.24) is 5.32 Å². The number of amides is 1. The van der Waals surface area contributed by atoms with E-state index in [1.54, 1.807) is 0 Å². The van der Waals surface area contributed by atoms with Crippen LogP contribution in [0.1, 0.15) is 22.8 Å². The summed E-state index contributed by atoms with van der Waals surface area (Å²) >= 11 is 5.55. The van der Waals surface area contributed by atoms with E-state index < -0.39 is 5.54 Å². The van der Waals surface area contributed by atoms with Gasteiger partial charge in [-0.05, 0) is 69.2 Å². The number of carbonyl (C=O) groups is 1. The first kappa shape index (κ1) is 16.5. The van der Waals surface area contributed by atoms with E-state index in [9.17, 15) is 9.90 Å². The van der Waals surface area contributed by atoms with Crippen molar-refractivity contribution in [2.45, 2.75) is 12.5 Å². The predicted molar refractivity (Wildman–Crippen MR) is 95.2 cm³/mol. The van der Waals surface area contributed by atoms with Gasteiger partial charge in [0.05, 0.1) is 17.7 Å². The van der Waals surface area contributed by atoms with Gasteiger partial charge in [-0.2, -0.15) is 0 Å². The standard InChI is InChI=1S/C16H15BrINO2/c1-16(10-20,11-5-3-2-4-6-11)19-15(21)13-9-12(18)7-8-14(13)17/h2-9,20H,10H2,1H3,(H,19,21). The molecule has 0 aliphatic rings. The topological polar surface area (TPSA) is 49.3 Å². The lowest BCUT2D eigenvalue weighted by atomic mass is 9.92. The van der Waals surface area contributed by atoms with Gasteiger partial charge in [0.2, 0.25) is 0 Å². The average Bonchev–Trinajstić information content (AvgIpc) is 2.50. The van der Waals surface area contributed by atoms with Gasteiger partial charge in [0.1, 0.15) is 0 Å². The summed E-state index contributed by atoms with van der Waals surface area (Å²) in [5.74, 6) is -0.221. The Balaban J connectivity index is 2.30. The van der Waals surface area contributed by atoms with E-state index >= 15 is 0 Å². The van der Waals surface area contributed by atoms with Crippen molar-refractivity contribution in [2.24, 2.45) is 0 Å². The Bertz CT molecular complexity index is 648. The van der Waals surface area contributed by atoms with Crippen molar-refractivity contribution < 1.29 is 9.90 Å². The van der Waals surface area contributed by atoms with Gasteiger partial charge in [0, 0.05) is 8.04 Å². The van der Waals surface area contributed by atoms with E-state index in [1.807, 2.05) is 55.5 Å². The molecule has 2 rings (SSSR count). The van der Waals surface area contributed by atoms with Crippen molar-refractivity contribution in [3.05, 3.63) is 67.7 Å². The maximum Gasteiger partial charge on any atom is 0.253 e. The first-order valence-electron chi connectivity index (χ1n) is 6.40. The molecule has 3 nitrogen and oxygen atoms in total.